The highest BCUT2D eigenvalue weighted by Crippen LogP contribution is 2.52. The Balaban J connectivity index is 1.63. The summed E-state index contributed by atoms with van der Waals surface area (Å²) in [5.41, 5.74) is 6.97. The number of hydrogen-bond acceptors (Lipinski definition) is 5. The molecule has 2 fully saturated rings. The third-order valence-corrected chi connectivity index (χ3v) is 6.01. The Morgan fingerprint density at radius 1 is 1.40 bits per heavy atom. The van der Waals surface area contributed by atoms with Crippen molar-refractivity contribution in [2.24, 2.45) is 11.8 Å². The second-order valence-corrected chi connectivity index (χ2v) is 7.25. The molecule has 2 bridgehead atoms. The van der Waals surface area contributed by atoms with Gasteiger partial charge in [-0.3, -0.25) is 0 Å². The maximum absolute atomic E-state index is 6.06. The van der Waals surface area contributed by atoms with Crippen molar-refractivity contribution in [3.8, 4) is 11.5 Å². The van der Waals surface area contributed by atoms with Crippen LogP contribution in [-0.4, -0.2) is 10.1 Å². The van der Waals surface area contributed by atoms with Crippen molar-refractivity contribution in [1.29, 1.82) is 0 Å². The minimum atomic E-state index is 0.511. The van der Waals surface area contributed by atoms with E-state index in [1.807, 2.05) is 0 Å². The fraction of sp³-hybridized carbons (Fsp3) is 0.600. The van der Waals surface area contributed by atoms with Crippen LogP contribution in [-0.2, 0) is 6.42 Å². The van der Waals surface area contributed by atoms with E-state index in [2.05, 4.69) is 23.1 Å². The number of nitrogen functional groups attached to an aromatic ring is 1. The highest BCUT2D eigenvalue weighted by atomic mass is 32.1. The summed E-state index contributed by atoms with van der Waals surface area (Å²) in [5, 5.41) is 5.01. The number of fused-ring (bicyclic) bond motifs is 2. The first-order valence-electron chi connectivity index (χ1n) is 7.46. The Morgan fingerprint density at radius 3 is 2.95 bits per heavy atom. The van der Waals surface area contributed by atoms with Crippen molar-refractivity contribution >= 4 is 16.3 Å². The van der Waals surface area contributed by atoms with Gasteiger partial charge in [0.05, 0.1) is 10.6 Å². The van der Waals surface area contributed by atoms with Gasteiger partial charge in [-0.15, -0.1) is 11.3 Å². The lowest BCUT2D eigenvalue weighted by molar-refractivity contribution is 0.372. The molecule has 3 atom stereocenters. The van der Waals surface area contributed by atoms with Crippen molar-refractivity contribution in [1.82, 2.24) is 10.1 Å². The summed E-state index contributed by atoms with van der Waals surface area (Å²) in [6.07, 6.45) is 6.31. The monoisotopic (exact) mass is 289 g/mol. The summed E-state index contributed by atoms with van der Waals surface area (Å²) < 4.78 is 5.47. The summed E-state index contributed by atoms with van der Waals surface area (Å²) in [4.78, 5) is 5.90. The molecule has 20 heavy (non-hydrogen) atoms. The molecule has 3 unspecified atom stereocenters. The number of rotatable bonds is 3. The summed E-state index contributed by atoms with van der Waals surface area (Å²) in [6, 6.07) is 2.08. The third-order valence-electron chi connectivity index (χ3n) is 4.90. The quantitative estimate of drug-likeness (QED) is 0.932. The average Bonchev–Trinajstić information content (AvgIpc) is 3.21. The second kappa shape index (κ2) is 4.58. The topological polar surface area (TPSA) is 64.9 Å². The van der Waals surface area contributed by atoms with Gasteiger partial charge in [-0.25, -0.2) is 0 Å². The first kappa shape index (κ1) is 12.4. The van der Waals surface area contributed by atoms with Gasteiger partial charge in [-0.1, -0.05) is 18.5 Å². The Morgan fingerprint density at radius 2 is 2.30 bits per heavy atom. The average molecular weight is 289 g/mol. The van der Waals surface area contributed by atoms with E-state index in [4.69, 9.17) is 10.3 Å². The summed E-state index contributed by atoms with van der Waals surface area (Å²) >= 11 is 1.61. The standard InChI is InChI=1S/C15H19N3OS/c1-2-10-7-12(13(16)20-10)15-17-14(18-19-15)11-6-8-3-4-9(11)5-8/h7-9,11H,2-6,16H2,1H3. The van der Waals surface area contributed by atoms with E-state index in [0.29, 0.717) is 11.8 Å². The second-order valence-electron chi connectivity index (χ2n) is 6.08. The van der Waals surface area contributed by atoms with Crippen LogP contribution in [0.3, 0.4) is 0 Å². The lowest BCUT2D eigenvalue weighted by Gasteiger charge is -2.17. The third kappa shape index (κ3) is 1.87. The number of aryl methyl sites for hydroxylation is 1. The number of nitrogens with two attached hydrogens (primary N) is 1. The predicted molar refractivity (Wildman–Crippen MR) is 79.6 cm³/mol. The van der Waals surface area contributed by atoms with Crippen molar-refractivity contribution in [3.05, 3.63) is 16.8 Å². The van der Waals surface area contributed by atoms with E-state index in [1.165, 1.54) is 30.6 Å². The first-order chi connectivity index (χ1) is 9.74. The summed E-state index contributed by atoms with van der Waals surface area (Å²) in [7, 11) is 0. The normalized spacial score (nSPS) is 28.4. The molecule has 4 rings (SSSR count). The molecule has 5 heteroatoms. The predicted octanol–water partition coefficient (Wildman–Crippen LogP) is 3.85. The number of anilines is 1. The van der Waals surface area contributed by atoms with Crippen LogP contribution >= 0.6 is 11.3 Å². The lowest BCUT2D eigenvalue weighted by Crippen LogP contribution is -2.09. The lowest BCUT2D eigenvalue weighted by atomic mass is 9.88. The number of hydrogen-bond donors (Lipinski definition) is 1. The Kier molecular flexibility index (Phi) is 2.84. The van der Waals surface area contributed by atoms with Crippen LogP contribution < -0.4 is 5.73 Å². The Bertz CT molecular complexity index is 633. The molecule has 4 nitrogen and oxygen atoms in total. The van der Waals surface area contributed by atoms with E-state index in [1.54, 1.807) is 11.3 Å². The molecule has 2 N–H and O–H groups in total. The van der Waals surface area contributed by atoms with Gasteiger partial charge in [0.15, 0.2) is 5.82 Å². The molecule has 0 amide bonds. The largest absolute Gasteiger partial charge is 0.390 e. The zero-order valence-corrected chi connectivity index (χ0v) is 12.4. The minimum absolute atomic E-state index is 0.511. The zero-order valence-electron chi connectivity index (χ0n) is 11.6. The fourth-order valence-corrected chi connectivity index (χ4v) is 4.71. The van der Waals surface area contributed by atoms with Gasteiger partial charge in [0.2, 0.25) is 0 Å². The molecule has 0 aliphatic heterocycles. The van der Waals surface area contributed by atoms with E-state index in [9.17, 15) is 0 Å². The minimum Gasteiger partial charge on any atom is -0.390 e. The van der Waals surface area contributed by atoms with Crippen molar-refractivity contribution in [3.63, 3.8) is 0 Å². The number of nitrogens with zero attached hydrogens (tertiary/aromatic N) is 2. The molecule has 2 heterocycles. The van der Waals surface area contributed by atoms with Gasteiger partial charge >= 0.3 is 0 Å². The molecule has 0 saturated heterocycles. The molecule has 2 aliphatic rings. The molecule has 106 valence electrons. The van der Waals surface area contributed by atoms with Gasteiger partial charge in [0.1, 0.15) is 0 Å². The van der Waals surface area contributed by atoms with Crippen molar-refractivity contribution in [2.75, 3.05) is 5.73 Å². The van der Waals surface area contributed by atoms with Gasteiger partial charge in [-0.2, -0.15) is 4.98 Å². The summed E-state index contributed by atoms with van der Waals surface area (Å²) in [6.45, 7) is 2.13. The molecule has 2 saturated carbocycles. The molecule has 2 aromatic rings. The maximum Gasteiger partial charge on any atom is 0.260 e. The number of aromatic nitrogens is 2. The molecule has 2 aromatic heterocycles. The SMILES string of the molecule is CCc1cc(-c2nc(C3CC4CCC3C4)no2)c(N)s1. The molecule has 2 aliphatic carbocycles. The van der Waals surface area contributed by atoms with Crippen LogP contribution in [0.25, 0.3) is 11.5 Å². The van der Waals surface area contributed by atoms with Gasteiger partial charge in [-0.05, 0) is 43.6 Å². The molecule has 0 aromatic carbocycles. The van der Waals surface area contributed by atoms with Gasteiger partial charge in [0.25, 0.3) is 5.89 Å². The molecule has 0 radical (unpaired) electrons. The zero-order chi connectivity index (χ0) is 13.7. The molecular formula is C15H19N3OS. The van der Waals surface area contributed by atoms with Gasteiger partial charge in [0, 0.05) is 10.8 Å². The van der Waals surface area contributed by atoms with E-state index < -0.39 is 0 Å². The van der Waals surface area contributed by atoms with E-state index in [-0.39, 0.29) is 0 Å². The molecule has 0 spiro atoms. The van der Waals surface area contributed by atoms with Crippen LogP contribution in [0.1, 0.15) is 49.2 Å². The summed E-state index contributed by atoms with van der Waals surface area (Å²) in [5.74, 6) is 3.67. The van der Waals surface area contributed by atoms with Crippen molar-refractivity contribution < 1.29 is 4.52 Å². The van der Waals surface area contributed by atoms with Crippen molar-refractivity contribution in [2.45, 2.75) is 44.9 Å². The van der Waals surface area contributed by atoms with E-state index in [0.717, 1.165) is 34.6 Å². The number of thiophene rings is 1. The van der Waals surface area contributed by atoms with Crippen LogP contribution in [0.15, 0.2) is 10.6 Å². The van der Waals surface area contributed by atoms with Crippen LogP contribution in [0.2, 0.25) is 0 Å². The van der Waals surface area contributed by atoms with Crippen LogP contribution in [0, 0.1) is 11.8 Å². The fourth-order valence-electron chi connectivity index (χ4n) is 3.85. The van der Waals surface area contributed by atoms with Gasteiger partial charge < -0.3 is 10.3 Å². The highest BCUT2D eigenvalue weighted by molar-refractivity contribution is 7.16. The highest BCUT2D eigenvalue weighted by Gasteiger charge is 2.42. The van der Waals surface area contributed by atoms with Crippen LogP contribution in [0.5, 0.6) is 0 Å². The Hall–Kier alpha value is -1.36. The molecular weight excluding hydrogens is 270 g/mol. The maximum atomic E-state index is 6.06. The first-order valence-corrected chi connectivity index (χ1v) is 8.28. The Labute approximate surface area is 122 Å². The van der Waals surface area contributed by atoms with Crippen LogP contribution in [0.4, 0.5) is 5.00 Å². The smallest absolute Gasteiger partial charge is 0.260 e. The van der Waals surface area contributed by atoms with E-state index >= 15 is 0 Å².